The number of halogens is 1. The lowest BCUT2D eigenvalue weighted by Gasteiger charge is -2.47. The van der Waals surface area contributed by atoms with Crippen LogP contribution in [0.5, 0.6) is 0 Å². The fraction of sp³-hybridized carbons (Fsp3) is 0.571. The largest absolute Gasteiger partial charge is 0.392 e. The number of benzene rings is 1. The van der Waals surface area contributed by atoms with Crippen LogP contribution in [-0.2, 0) is 16.6 Å². The van der Waals surface area contributed by atoms with Gasteiger partial charge in [0.1, 0.15) is 0 Å². The lowest BCUT2D eigenvalue weighted by molar-refractivity contribution is 0.0657. The molecule has 0 amide bonds. The quantitative estimate of drug-likeness (QED) is 0.792. The fourth-order valence-corrected chi connectivity index (χ4v) is 4.66. The first kappa shape index (κ1) is 16.9. The predicted octanol–water partition coefficient (Wildman–Crippen LogP) is 1.70. The smallest absolute Gasteiger partial charge is 0.241 e. The van der Waals surface area contributed by atoms with Gasteiger partial charge in [0.2, 0.25) is 10.0 Å². The van der Waals surface area contributed by atoms with Crippen molar-refractivity contribution >= 4 is 26.0 Å². The molecule has 0 unspecified atom stereocenters. The molecule has 0 heterocycles. The maximum absolute atomic E-state index is 12.5. The molecule has 0 spiro atoms. The molecule has 2 N–H and O–H groups in total. The molecule has 1 aromatic carbocycles. The van der Waals surface area contributed by atoms with Gasteiger partial charge in [0.15, 0.2) is 0 Å². The molecule has 0 bridgehead atoms. The highest BCUT2D eigenvalue weighted by molar-refractivity contribution is 9.10. The second kappa shape index (κ2) is 6.34. The minimum Gasteiger partial charge on any atom is -0.392 e. The van der Waals surface area contributed by atoms with Crippen molar-refractivity contribution in [1.29, 1.82) is 0 Å². The molecule has 0 atom stereocenters. The van der Waals surface area contributed by atoms with E-state index < -0.39 is 10.0 Å². The Balaban J connectivity index is 2.19. The highest BCUT2D eigenvalue weighted by atomic mass is 79.9. The van der Waals surface area contributed by atoms with Crippen LogP contribution in [0.2, 0.25) is 0 Å². The molecular weight excluding hydrogens is 356 g/mol. The van der Waals surface area contributed by atoms with E-state index in [1.165, 1.54) is 6.07 Å². The molecule has 1 aliphatic carbocycles. The first-order valence-electron chi connectivity index (χ1n) is 6.87. The molecule has 0 aliphatic heterocycles. The topological polar surface area (TPSA) is 69.6 Å². The van der Waals surface area contributed by atoms with Gasteiger partial charge in [-0.2, -0.15) is 0 Å². The van der Waals surface area contributed by atoms with E-state index >= 15 is 0 Å². The summed E-state index contributed by atoms with van der Waals surface area (Å²) in [5.74, 6) is 0. The molecule has 0 radical (unpaired) electrons. The summed E-state index contributed by atoms with van der Waals surface area (Å²) in [7, 11) is 0.363. The first-order chi connectivity index (χ1) is 9.81. The third-order valence-electron chi connectivity index (χ3n) is 4.29. The zero-order valence-corrected chi connectivity index (χ0v) is 14.7. The zero-order chi connectivity index (χ0) is 15.7. The van der Waals surface area contributed by atoms with Gasteiger partial charge in [-0.3, -0.25) is 0 Å². The van der Waals surface area contributed by atoms with Gasteiger partial charge in [-0.1, -0.05) is 6.07 Å². The van der Waals surface area contributed by atoms with Crippen molar-refractivity contribution in [3.8, 4) is 0 Å². The van der Waals surface area contributed by atoms with Crippen molar-refractivity contribution < 1.29 is 13.5 Å². The van der Waals surface area contributed by atoms with Gasteiger partial charge in [0.25, 0.3) is 0 Å². The highest BCUT2D eigenvalue weighted by Crippen LogP contribution is 2.36. The highest BCUT2D eigenvalue weighted by Gasteiger charge is 2.40. The summed E-state index contributed by atoms with van der Waals surface area (Å²) in [6, 6.07) is 4.83. The van der Waals surface area contributed by atoms with E-state index in [9.17, 15) is 8.42 Å². The van der Waals surface area contributed by atoms with Crippen molar-refractivity contribution in [1.82, 2.24) is 9.62 Å². The minimum absolute atomic E-state index is 0.0753. The van der Waals surface area contributed by atoms with E-state index in [0.29, 0.717) is 16.6 Å². The Morgan fingerprint density at radius 1 is 1.38 bits per heavy atom. The van der Waals surface area contributed by atoms with Crippen molar-refractivity contribution in [3.05, 3.63) is 28.2 Å². The Morgan fingerprint density at radius 2 is 2.05 bits per heavy atom. The number of hydrogen-bond donors (Lipinski definition) is 2. The van der Waals surface area contributed by atoms with E-state index in [2.05, 4.69) is 25.6 Å². The third-order valence-corrected chi connectivity index (χ3v) is 6.69. The van der Waals surface area contributed by atoms with Gasteiger partial charge < -0.3 is 10.0 Å². The van der Waals surface area contributed by atoms with Gasteiger partial charge in [0.05, 0.1) is 11.5 Å². The average Bonchev–Trinajstić information content (AvgIpc) is 2.37. The van der Waals surface area contributed by atoms with Crippen LogP contribution < -0.4 is 4.72 Å². The van der Waals surface area contributed by atoms with E-state index in [0.717, 1.165) is 19.3 Å². The van der Waals surface area contributed by atoms with Gasteiger partial charge in [-0.05, 0) is 67.0 Å². The lowest BCUT2D eigenvalue weighted by atomic mass is 9.76. The van der Waals surface area contributed by atoms with E-state index in [1.807, 2.05) is 14.1 Å². The number of rotatable bonds is 6. The monoisotopic (exact) mass is 376 g/mol. The number of aliphatic hydroxyl groups is 1. The van der Waals surface area contributed by atoms with Crippen LogP contribution in [0.3, 0.4) is 0 Å². The van der Waals surface area contributed by atoms with E-state index in [1.54, 1.807) is 12.1 Å². The molecule has 0 saturated heterocycles. The van der Waals surface area contributed by atoms with Crippen LogP contribution in [0.25, 0.3) is 0 Å². The van der Waals surface area contributed by atoms with Crippen molar-refractivity contribution in [2.24, 2.45) is 0 Å². The molecule has 1 aliphatic rings. The summed E-state index contributed by atoms with van der Waals surface area (Å²) in [5, 5.41) is 9.16. The van der Waals surface area contributed by atoms with Crippen LogP contribution in [-0.4, -0.2) is 44.6 Å². The number of likely N-dealkylation sites (N-methyl/N-ethyl adjacent to an activating group) is 1. The van der Waals surface area contributed by atoms with E-state index in [4.69, 9.17) is 5.11 Å². The normalized spacial score (nSPS) is 17.8. The maximum atomic E-state index is 12.5. The molecule has 1 saturated carbocycles. The van der Waals surface area contributed by atoms with Gasteiger partial charge >= 0.3 is 0 Å². The van der Waals surface area contributed by atoms with Crippen molar-refractivity contribution in [2.75, 3.05) is 20.6 Å². The van der Waals surface area contributed by atoms with Gasteiger partial charge in [-0.15, -0.1) is 0 Å². The van der Waals surface area contributed by atoms with Crippen molar-refractivity contribution in [2.45, 2.75) is 36.3 Å². The molecule has 0 aromatic heterocycles. The number of aliphatic hydroxyl groups excluding tert-OH is 1. The van der Waals surface area contributed by atoms with E-state index in [-0.39, 0.29) is 17.0 Å². The molecule has 21 heavy (non-hydrogen) atoms. The molecule has 1 aromatic rings. The molecular formula is C14H21BrN2O3S. The standard InChI is InChI=1S/C14H21BrN2O3S/c1-17(2)14(6-3-7-14)10-16-21(19,20)13-8-11(9-18)4-5-12(13)15/h4-5,8,16,18H,3,6-7,9-10H2,1-2H3. The average molecular weight is 377 g/mol. The Morgan fingerprint density at radius 3 is 2.52 bits per heavy atom. The van der Waals surface area contributed by atoms with Gasteiger partial charge in [-0.25, -0.2) is 13.1 Å². The Labute approximate surface area is 134 Å². The maximum Gasteiger partial charge on any atom is 0.241 e. The SMILES string of the molecule is CN(C)C1(CNS(=O)(=O)c2cc(CO)ccc2Br)CCC1. The predicted molar refractivity (Wildman–Crippen MR) is 85.5 cm³/mol. The summed E-state index contributed by atoms with van der Waals surface area (Å²) in [6.07, 6.45) is 3.13. The molecule has 2 rings (SSSR count). The van der Waals surface area contributed by atoms with Gasteiger partial charge in [0, 0.05) is 16.6 Å². The molecule has 1 fully saturated rings. The number of nitrogens with zero attached hydrogens (tertiary/aromatic N) is 1. The molecule has 118 valence electrons. The number of hydrogen-bond acceptors (Lipinski definition) is 4. The van der Waals surface area contributed by atoms with Crippen molar-refractivity contribution in [3.63, 3.8) is 0 Å². The molecule has 7 heteroatoms. The fourth-order valence-electron chi connectivity index (χ4n) is 2.53. The Hall–Kier alpha value is -0.470. The summed E-state index contributed by atoms with van der Waals surface area (Å²) >= 11 is 3.26. The molecule has 5 nitrogen and oxygen atoms in total. The summed E-state index contributed by atoms with van der Waals surface area (Å²) in [5.41, 5.74) is 0.498. The van der Waals surface area contributed by atoms with Crippen LogP contribution in [0.1, 0.15) is 24.8 Å². The second-order valence-electron chi connectivity index (χ2n) is 5.72. The lowest BCUT2D eigenvalue weighted by Crippen LogP contribution is -2.57. The number of sulfonamides is 1. The summed E-state index contributed by atoms with van der Waals surface area (Å²) in [6.45, 7) is 0.218. The summed E-state index contributed by atoms with van der Waals surface area (Å²) in [4.78, 5) is 2.26. The first-order valence-corrected chi connectivity index (χ1v) is 9.15. The van der Waals surface area contributed by atoms with Crippen LogP contribution in [0, 0.1) is 0 Å². The summed E-state index contributed by atoms with van der Waals surface area (Å²) < 4.78 is 28.2. The Bertz CT molecular complexity index is 613. The Kier molecular flexibility index (Phi) is 5.10. The van der Waals surface area contributed by atoms with Crippen LogP contribution >= 0.6 is 15.9 Å². The second-order valence-corrected chi connectivity index (χ2v) is 8.31. The third kappa shape index (κ3) is 3.48. The number of nitrogens with one attached hydrogen (secondary N) is 1. The zero-order valence-electron chi connectivity index (χ0n) is 12.3. The van der Waals surface area contributed by atoms with Crippen LogP contribution in [0.15, 0.2) is 27.6 Å². The minimum atomic E-state index is -3.60. The van der Waals surface area contributed by atoms with Crippen LogP contribution in [0.4, 0.5) is 0 Å².